The molecule has 5 heteroatoms. The molecular weight excluding hydrogens is 335 g/mol. The zero-order valence-corrected chi connectivity index (χ0v) is 12.1. The first kappa shape index (κ1) is 13.4. The van der Waals surface area contributed by atoms with Crippen molar-refractivity contribution in [1.82, 2.24) is 4.90 Å². The molecule has 16 heavy (non-hydrogen) atoms. The van der Waals surface area contributed by atoms with E-state index in [2.05, 4.69) is 22.6 Å². The molecule has 1 unspecified atom stereocenters. The number of nitrogens with zero attached hydrogens (tertiary/aromatic N) is 1. The van der Waals surface area contributed by atoms with Gasteiger partial charge < -0.3 is 10.6 Å². The maximum absolute atomic E-state index is 12.1. The van der Waals surface area contributed by atoms with Gasteiger partial charge in [-0.2, -0.15) is 0 Å². The molecule has 3 nitrogen and oxygen atoms in total. The van der Waals surface area contributed by atoms with Crippen molar-refractivity contribution in [1.29, 1.82) is 0 Å². The van der Waals surface area contributed by atoms with Crippen LogP contribution in [0.4, 0.5) is 0 Å². The summed E-state index contributed by atoms with van der Waals surface area (Å²) >= 11 is 7.04. The van der Waals surface area contributed by atoms with E-state index < -0.39 is 0 Å². The number of thiocarbonyl (C=S) groups is 1. The van der Waals surface area contributed by atoms with E-state index in [0.717, 1.165) is 3.57 Å². The van der Waals surface area contributed by atoms with Crippen LogP contribution in [0.15, 0.2) is 24.3 Å². The van der Waals surface area contributed by atoms with Crippen LogP contribution in [0, 0.1) is 3.57 Å². The third kappa shape index (κ3) is 3.15. The average molecular weight is 348 g/mol. The fraction of sp³-hybridized carbons (Fsp3) is 0.273. The van der Waals surface area contributed by atoms with Crippen molar-refractivity contribution >= 4 is 45.7 Å². The van der Waals surface area contributed by atoms with Gasteiger partial charge in [-0.05, 0) is 47.7 Å². The van der Waals surface area contributed by atoms with Gasteiger partial charge in [-0.3, -0.25) is 4.79 Å². The smallest absolute Gasteiger partial charge is 0.254 e. The Balaban J connectivity index is 2.90. The lowest BCUT2D eigenvalue weighted by atomic mass is 10.2. The molecular formula is C11H13IN2OS. The fourth-order valence-electron chi connectivity index (χ4n) is 1.19. The standard InChI is InChI=1S/C11H13IN2OS/c1-7(10(13)16)14(2)11(15)8-4-3-5-9(12)6-8/h3-7H,1-2H3,(H2,13,16). The van der Waals surface area contributed by atoms with Crippen molar-refractivity contribution in [3.63, 3.8) is 0 Å². The first-order valence-corrected chi connectivity index (χ1v) is 6.24. The zero-order chi connectivity index (χ0) is 12.3. The Morgan fingerprint density at radius 1 is 1.56 bits per heavy atom. The van der Waals surface area contributed by atoms with Crippen LogP contribution in [0.1, 0.15) is 17.3 Å². The predicted molar refractivity (Wildman–Crippen MR) is 77.5 cm³/mol. The molecule has 1 aromatic rings. The molecule has 86 valence electrons. The molecule has 1 rings (SSSR count). The van der Waals surface area contributed by atoms with Crippen molar-refractivity contribution in [3.8, 4) is 0 Å². The van der Waals surface area contributed by atoms with Gasteiger partial charge in [0.05, 0.1) is 11.0 Å². The SMILES string of the molecule is CC(C(N)=S)N(C)C(=O)c1cccc(I)c1. The molecule has 0 bridgehead atoms. The first-order chi connectivity index (χ1) is 7.43. The van der Waals surface area contributed by atoms with E-state index in [1.807, 2.05) is 25.1 Å². The Morgan fingerprint density at radius 2 is 2.19 bits per heavy atom. The molecule has 1 atom stereocenters. The lowest BCUT2D eigenvalue weighted by Gasteiger charge is -2.24. The van der Waals surface area contributed by atoms with Crippen LogP contribution in [0.25, 0.3) is 0 Å². The molecule has 0 aromatic heterocycles. The minimum Gasteiger partial charge on any atom is -0.392 e. The van der Waals surface area contributed by atoms with Crippen molar-refractivity contribution in [2.24, 2.45) is 5.73 Å². The van der Waals surface area contributed by atoms with Crippen LogP contribution in [-0.4, -0.2) is 28.9 Å². The van der Waals surface area contributed by atoms with E-state index in [1.165, 1.54) is 0 Å². The summed E-state index contributed by atoms with van der Waals surface area (Å²) in [6.45, 7) is 1.81. The third-order valence-electron chi connectivity index (χ3n) is 2.38. The Bertz CT molecular complexity index is 422. The Labute approximate surface area is 114 Å². The highest BCUT2D eigenvalue weighted by molar-refractivity contribution is 14.1. The molecule has 0 fully saturated rings. The van der Waals surface area contributed by atoms with Gasteiger partial charge in [-0.15, -0.1) is 0 Å². The molecule has 2 N–H and O–H groups in total. The van der Waals surface area contributed by atoms with E-state index in [-0.39, 0.29) is 11.9 Å². The summed E-state index contributed by atoms with van der Waals surface area (Å²) in [5.41, 5.74) is 6.17. The van der Waals surface area contributed by atoms with Gasteiger partial charge in [-0.1, -0.05) is 18.3 Å². The van der Waals surface area contributed by atoms with Crippen LogP contribution in [-0.2, 0) is 0 Å². The first-order valence-electron chi connectivity index (χ1n) is 4.75. The normalized spacial score (nSPS) is 11.9. The minimum absolute atomic E-state index is 0.0705. The van der Waals surface area contributed by atoms with E-state index in [1.54, 1.807) is 18.0 Å². The molecule has 0 saturated heterocycles. The molecule has 0 saturated carbocycles. The summed E-state index contributed by atoms with van der Waals surface area (Å²) in [6.07, 6.45) is 0. The Hall–Kier alpha value is -0.690. The van der Waals surface area contributed by atoms with Crippen LogP contribution in [0.2, 0.25) is 0 Å². The molecule has 0 spiro atoms. The van der Waals surface area contributed by atoms with Crippen molar-refractivity contribution in [2.45, 2.75) is 13.0 Å². The van der Waals surface area contributed by atoms with Crippen LogP contribution >= 0.6 is 34.8 Å². The summed E-state index contributed by atoms with van der Waals surface area (Å²) in [5, 5.41) is 0. The number of rotatable bonds is 3. The predicted octanol–water partition coefficient (Wildman–Crippen LogP) is 2.04. The topological polar surface area (TPSA) is 46.3 Å². The van der Waals surface area contributed by atoms with Gasteiger partial charge in [0.15, 0.2) is 0 Å². The van der Waals surface area contributed by atoms with Gasteiger partial charge in [-0.25, -0.2) is 0 Å². The molecule has 0 aliphatic carbocycles. The van der Waals surface area contributed by atoms with E-state index in [4.69, 9.17) is 18.0 Å². The monoisotopic (exact) mass is 348 g/mol. The lowest BCUT2D eigenvalue weighted by molar-refractivity contribution is 0.0779. The van der Waals surface area contributed by atoms with Crippen molar-refractivity contribution in [2.75, 3.05) is 7.05 Å². The second-order valence-corrected chi connectivity index (χ2v) is 5.22. The highest BCUT2D eigenvalue weighted by Gasteiger charge is 2.19. The van der Waals surface area contributed by atoms with Gasteiger partial charge in [0, 0.05) is 16.2 Å². The quantitative estimate of drug-likeness (QED) is 0.672. The summed E-state index contributed by atoms with van der Waals surface area (Å²) in [4.78, 5) is 13.9. The number of amides is 1. The largest absolute Gasteiger partial charge is 0.392 e. The number of halogens is 1. The van der Waals surface area contributed by atoms with E-state index >= 15 is 0 Å². The summed E-state index contributed by atoms with van der Waals surface area (Å²) in [5.74, 6) is -0.0705. The maximum Gasteiger partial charge on any atom is 0.254 e. The van der Waals surface area contributed by atoms with Crippen molar-refractivity contribution < 1.29 is 4.79 Å². The number of hydrogen-bond acceptors (Lipinski definition) is 2. The van der Waals surface area contributed by atoms with Crippen LogP contribution < -0.4 is 5.73 Å². The molecule has 0 aliphatic rings. The maximum atomic E-state index is 12.1. The molecule has 1 amide bonds. The van der Waals surface area contributed by atoms with E-state index in [0.29, 0.717) is 10.6 Å². The Morgan fingerprint density at radius 3 is 2.69 bits per heavy atom. The van der Waals surface area contributed by atoms with E-state index in [9.17, 15) is 4.79 Å². The number of carbonyl (C=O) groups excluding carboxylic acids is 1. The number of nitrogens with two attached hydrogens (primary N) is 1. The number of hydrogen-bond donors (Lipinski definition) is 1. The Kier molecular flexibility index (Phi) is 4.67. The van der Waals surface area contributed by atoms with Gasteiger partial charge >= 0.3 is 0 Å². The van der Waals surface area contributed by atoms with Gasteiger partial charge in [0.2, 0.25) is 0 Å². The summed E-state index contributed by atoms with van der Waals surface area (Å²) in [6, 6.07) is 7.18. The molecule has 0 aliphatic heterocycles. The molecule has 0 radical (unpaired) electrons. The van der Waals surface area contributed by atoms with Crippen molar-refractivity contribution in [3.05, 3.63) is 33.4 Å². The zero-order valence-electron chi connectivity index (χ0n) is 9.11. The van der Waals surface area contributed by atoms with Gasteiger partial charge in [0.1, 0.15) is 0 Å². The highest BCUT2D eigenvalue weighted by atomic mass is 127. The second-order valence-electron chi connectivity index (χ2n) is 3.50. The minimum atomic E-state index is -0.236. The molecule has 0 heterocycles. The number of benzene rings is 1. The second kappa shape index (κ2) is 5.58. The average Bonchev–Trinajstić information content (AvgIpc) is 2.26. The number of likely N-dealkylation sites (N-methyl/N-ethyl adjacent to an activating group) is 1. The summed E-state index contributed by atoms with van der Waals surface area (Å²) in [7, 11) is 1.70. The lowest BCUT2D eigenvalue weighted by Crippen LogP contribution is -2.42. The van der Waals surface area contributed by atoms with Crippen LogP contribution in [0.5, 0.6) is 0 Å². The highest BCUT2D eigenvalue weighted by Crippen LogP contribution is 2.11. The fourth-order valence-corrected chi connectivity index (χ4v) is 1.89. The molecule has 1 aromatic carbocycles. The third-order valence-corrected chi connectivity index (χ3v) is 3.40. The summed E-state index contributed by atoms with van der Waals surface area (Å²) < 4.78 is 1.03. The number of carbonyl (C=O) groups is 1. The van der Waals surface area contributed by atoms with Crippen LogP contribution in [0.3, 0.4) is 0 Å². The van der Waals surface area contributed by atoms with Gasteiger partial charge in [0.25, 0.3) is 5.91 Å².